The number of fused-ring (bicyclic) bond motifs is 3. The van der Waals surface area contributed by atoms with Crippen LogP contribution in [0.4, 0.5) is 0 Å². The first kappa shape index (κ1) is 17.8. The number of aromatic amines is 1. The summed E-state index contributed by atoms with van der Waals surface area (Å²) in [5.74, 6) is 0.431. The minimum atomic E-state index is -0.309. The van der Waals surface area contributed by atoms with Crippen LogP contribution < -0.4 is 9.47 Å². The van der Waals surface area contributed by atoms with Crippen molar-refractivity contribution in [3.8, 4) is 11.5 Å². The molecule has 1 aliphatic heterocycles. The number of ether oxygens (including phenoxy) is 3. The number of esters is 1. The predicted octanol–water partition coefficient (Wildman–Crippen LogP) is 3.22. The summed E-state index contributed by atoms with van der Waals surface area (Å²) in [6, 6.07) is 10.0. The lowest BCUT2D eigenvalue weighted by Crippen LogP contribution is -2.19. The van der Waals surface area contributed by atoms with Gasteiger partial charge in [0.05, 0.1) is 26.4 Å². The van der Waals surface area contributed by atoms with E-state index in [1.165, 1.54) is 5.56 Å². The number of aliphatic hydroxyl groups excluding tert-OH is 1. The summed E-state index contributed by atoms with van der Waals surface area (Å²) in [6.07, 6.45) is 2.61. The molecule has 2 aliphatic rings. The molecule has 0 saturated heterocycles. The lowest BCUT2D eigenvalue weighted by molar-refractivity contribution is -0.136. The summed E-state index contributed by atoms with van der Waals surface area (Å²) in [4.78, 5) is 16.1. The third-order valence-electron chi connectivity index (χ3n) is 5.90. The standard InChI is InChI=1S/C23H21NO5/c1-27-17-9-14(8-15(10-25)22(17)28-2)18-19-13(4-3-12-5-6-24-21(12)19)7-16-11-29-23(26)20(16)18/h3-6,8-9,18,24-25H,7,10-11H2,1-2H3. The number of nitrogens with one attached hydrogen (secondary N) is 1. The number of methoxy groups -OCH3 is 2. The molecule has 6 nitrogen and oxygen atoms in total. The quantitative estimate of drug-likeness (QED) is 0.668. The van der Waals surface area contributed by atoms with Crippen molar-refractivity contribution in [3.05, 3.63) is 69.9 Å². The van der Waals surface area contributed by atoms with Crippen molar-refractivity contribution in [2.45, 2.75) is 18.9 Å². The van der Waals surface area contributed by atoms with Crippen LogP contribution in [0.25, 0.3) is 10.9 Å². The Labute approximate surface area is 167 Å². The number of carbonyl (C=O) groups excluding carboxylic acids is 1. The Balaban J connectivity index is 1.81. The van der Waals surface area contributed by atoms with Crippen LogP contribution in [0.5, 0.6) is 11.5 Å². The van der Waals surface area contributed by atoms with Gasteiger partial charge in [0.2, 0.25) is 0 Å². The highest BCUT2D eigenvalue weighted by atomic mass is 16.5. The van der Waals surface area contributed by atoms with Crippen LogP contribution in [0.3, 0.4) is 0 Å². The van der Waals surface area contributed by atoms with E-state index in [0.717, 1.165) is 27.6 Å². The number of benzene rings is 2. The molecule has 1 aromatic heterocycles. The van der Waals surface area contributed by atoms with E-state index in [1.54, 1.807) is 14.2 Å². The van der Waals surface area contributed by atoms with Gasteiger partial charge >= 0.3 is 5.97 Å². The van der Waals surface area contributed by atoms with Gasteiger partial charge in [0.15, 0.2) is 11.5 Å². The number of carbonyl (C=O) groups is 1. The Kier molecular flexibility index (Phi) is 4.10. The summed E-state index contributed by atoms with van der Waals surface area (Å²) in [6.45, 7) is 0.128. The monoisotopic (exact) mass is 391 g/mol. The van der Waals surface area contributed by atoms with E-state index in [9.17, 15) is 9.90 Å². The average molecular weight is 391 g/mol. The van der Waals surface area contributed by atoms with Gasteiger partial charge < -0.3 is 24.3 Å². The summed E-state index contributed by atoms with van der Waals surface area (Å²) < 4.78 is 16.4. The fourth-order valence-corrected chi connectivity index (χ4v) is 4.66. The molecule has 2 heterocycles. The van der Waals surface area contributed by atoms with Gasteiger partial charge in [-0.05, 0) is 52.3 Å². The average Bonchev–Trinajstić information content (AvgIpc) is 3.37. The second-order valence-corrected chi connectivity index (χ2v) is 7.36. The Morgan fingerprint density at radius 1 is 1.21 bits per heavy atom. The molecule has 5 rings (SSSR count). The van der Waals surface area contributed by atoms with E-state index in [-0.39, 0.29) is 18.5 Å². The van der Waals surface area contributed by atoms with Gasteiger partial charge in [-0.15, -0.1) is 0 Å². The van der Waals surface area contributed by atoms with Crippen molar-refractivity contribution >= 4 is 16.9 Å². The molecule has 0 spiro atoms. The highest BCUT2D eigenvalue weighted by Crippen LogP contribution is 2.48. The van der Waals surface area contributed by atoms with Crippen LogP contribution in [0.15, 0.2) is 47.7 Å². The number of H-pyrrole nitrogens is 1. The van der Waals surface area contributed by atoms with E-state index in [2.05, 4.69) is 17.1 Å². The van der Waals surface area contributed by atoms with Gasteiger partial charge in [0, 0.05) is 23.2 Å². The topological polar surface area (TPSA) is 80.8 Å². The molecule has 0 fully saturated rings. The number of hydrogen-bond acceptors (Lipinski definition) is 5. The van der Waals surface area contributed by atoms with Crippen molar-refractivity contribution in [1.82, 2.24) is 4.98 Å². The maximum atomic E-state index is 12.7. The molecule has 0 saturated carbocycles. The molecule has 6 heteroatoms. The van der Waals surface area contributed by atoms with Crippen LogP contribution in [0.1, 0.15) is 28.2 Å². The zero-order chi connectivity index (χ0) is 20.1. The third kappa shape index (κ3) is 2.56. The van der Waals surface area contributed by atoms with Gasteiger partial charge in [0.25, 0.3) is 0 Å². The van der Waals surface area contributed by atoms with Crippen molar-refractivity contribution in [2.75, 3.05) is 20.8 Å². The molecule has 148 valence electrons. The lowest BCUT2D eigenvalue weighted by Gasteiger charge is -2.28. The van der Waals surface area contributed by atoms with Crippen LogP contribution in [0.2, 0.25) is 0 Å². The summed E-state index contributed by atoms with van der Waals surface area (Å²) >= 11 is 0. The van der Waals surface area contributed by atoms with Crippen LogP contribution in [0, 0.1) is 0 Å². The second kappa shape index (κ2) is 6.67. The van der Waals surface area contributed by atoms with Crippen molar-refractivity contribution in [2.24, 2.45) is 0 Å². The highest BCUT2D eigenvalue weighted by molar-refractivity contribution is 5.98. The third-order valence-corrected chi connectivity index (χ3v) is 5.90. The molecular weight excluding hydrogens is 370 g/mol. The van der Waals surface area contributed by atoms with E-state index < -0.39 is 0 Å². The summed E-state index contributed by atoms with van der Waals surface area (Å²) in [5, 5.41) is 11.0. The van der Waals surface area contributed by atoms with E-state index >= 15 is 0 Å². The summed E-state index contributed by atoms with van der Waals surface area (Å²) in [5.41, 5.74) is 6.43. The van der Waals surface area contributed by atoms with Crippen LogP contribution >= 0.6 is 0 Å². The minimum absolute atomic E-state index is 0.198. The van der Waals surface area contributed by atoms with Crippen molar-refractivity contribution in [3.63, 3.8) is 0 Å². The highest BCUT2D eigenvalue weighted by Gasteiger charge is 2.39. The lowest BCUT2D eigenvalue weighted by atomic mass is 9.74. The number of aromatic nitrogens is 1. The van der Waals surface area contributed by atoms with E-state index in [1.807, 2.05) is 24.4 Å². The van der Waals surface area contributed by atoms with Crippen LogP contribution in [-0.4, -0.2) is 36.9 Å². The first-order chi connectivity index (χ1) is 14.2. The fourth-order valence-electron chi connectivity index (χ4n) is 4.66. The Morgan fingerprint density at radius 3 is 2.83 bits per heavy atom. The van der Waals surface area contributed by atoms with E-state index in [0.29, 0.717) is 35.7 Å². The van der Waals surface area contributed by atoms with Gasteiger partial charge in [-0.3, -0.25) is 0 Å². The molecule has 2 N–H and O–H groups in total. The number of cyclic esters (lactones) is 1. The number of rotatable bonds is 4. The van der Waals surface area contributed by atoms with Gasteiger partial charge in [-0.2, -0.15) is 0 Å². The maximum Gasteiger partial charge on any atom is 0.335 e. The molecular formula is C23H21NO5. The summed E-state index contributed by atoms with van der Waals surface area (Å²) in [7, 11) is 3.11. The molecule has 1 aliphatic carbocycles. The predicted molar refractivity (Wildman–Crippen MR) is 107 cm³/mol. The second-order valence-electron chi connectivity index (χ2n) is 7.36. The molecule has 1 unspecified atom stereocenters. The largest absolute Gasteiger partial charge is 0.493 e. The maximum absolute atomic E-state index is 12.7. The first-order valence-corrected chi connectivity index (χ1v) is 9.49. The smallest absolute Gasteiger partial charge is 0.335 e. The molecule has 2 aromatic carbocycles. The van der Waals surface area contributed by atoms with Gasteiger partial charge in [0.1, 0.15) is 6.61 Å². The zero-order valence-corrected chi connectivity index (χ0v) is 16.2. The minimum Gasteiger partial charge on any atom is -0.493 e. The molecule has 0 amide bonds. The molecule has 0 radical (unpaired) electrons. The fraction of sp³-hybridized carbons (Fsp3) is 0.261. The first-order valence-electron chi connectivity index (χ1n) is 9.49. The Hall–Kier alpha value is -3.25. The zero-order valence-electron chi connectivity index (χ0n) is 16.2. The van der Waals surface area contributed by atoms with Crippen molar-refractivity contribution < 1.29 is 24.1 Å². The Morgan fingerprint density at radius 2 is 2.07 bits per heavy atom. The number of aliphatic hydroxyl groups is 1. The molecule has 3 aromatic rings. The van der Waals surface area contributed by atoms with Crippen molar-refractivity contribution in [1.29, 1.82) is 0 Å². The SMILES string of the molecule is COc1cc(C2C3=C(COC3=O)Cc3ccc4cc[nH]c4c32)cc(CO)c1OC. The van der Waals surface area contributed by atoms with Gasteiger partial charge in [-0.25, -0.2) is 4.79 Å². The van der Waals surface area contributed by atoms with E-state index in [4.69, 9.17) is 14.2 Å². The van der Waals surface area contributed by atoms with Gasteiger partial charge in [-0.1, -0.05) is 12.1 Å². The number of hydrogen-bond donors (Lipinski definition) is 2. The molecule has 29 heavy (non-hydrogen) atoms. The normalized spacial score (nSPS) is 17.9. The van der Waals surface area contributed by atoms with Crippen LogP contribution in [-0.2, 0) is 22.6 Å². The molecule has 1 atom stereocenters. The molecule has 0 bridgehead atoms. The Bertz CT molecular complexity index is 1150.